The van der Waals surface area contributed by atoms with E-state index in [1.54, 1.807) is 29.4 Å². The molecule has 1 amide bonds. The van der Waals surface area contributed by atoms with Gasteiger partial charge in [-0.05, 0) is 35.7 Å². The van der Waals surface area contributed by atoms with Crippen molar-refractivity contribution in [2.45, 2.75) is 18.0 Å². The molecule has 0 aliphatic heterocycles. The molecule has 0 N–H and O–H groups in total. The Bertz CT molecular complexity index is 673. The molecule has 0 saturated heterocycles. The molecule has 3 aromatic rings. The Morgan fingerprint density at radius 2 is 1.91 bits per heavy atom. The van der Waals surface area contributed by atoms with Crippen molar-refractivity contribution in [3.8, 4) is 0 Å². The van der Waals surface area contributed by atoms with Crippen LogP contribution in [0.4, 0.5) is 0 Å². The molecule has 118 valence electrons. The molecule has 23 heavy (non-hydrogen) atoms. The molecule has 3 rings (SSSR count). The molecule has 0 radical (unpaired) electrons. The van der Waals surface area contributed by atoms with Gasteiger partial charge in [-0.3, -0.25) is 4.79 Å². The predicted octanol–water partition coefficient (Wildman–Crippen LogP) is 4.66. The van der Waals surface area contributed by atoms with E-state index in [9.17, 15) is 4.79 Å². The quantitative estimate of drug-likeness (QED) is 0.585. The maximum atomic E-state index is 12.6. The first-order valence-electron chi connectivity index (χ1n) is 7.31. The lowest BCUT2D eigenvalue weighted by molar-refractivity contribution is -0.129. The van der Waals surface area contributed by atoms with Crippen molar-refractivity contribution in [2.75, 3.05) is 5.75 Å². The average molecular weight is 343 g/mol. The number of carbonyl (C=O) groups excluding carboxylic acids is 1. The Morgan fingerprint density at radius 1 is 1.04 bits per heavy atom. The Labute approximate surface area is 143 Å². The molecule has 0 fully saturated rings. The zero-order chi connectivity index (χ0) is 15.9. The van der Waals surface area contributed by atoms with Crippen molar-refractivity contribution in [3.05, 3.63) is 76.9 Å². The fraction of sp³-hybridized carbons (Fsp3) is 0.167. The third-order valence-corrected chi connectivity index (χ3v) is 5.17. The third-order valence-electron chi connectivity index (χ3n) is 3.31. The van der Waals surface area contributed by atoms with Gasteiger partial charge in [0.2, 0.25) is 5.91 Å². The molecule has 2 aromatic heterocycles. The standard InChI is InChI=1S/C18H17NO2S2/c20-18(14-23-16-7-2-1-3-8-16)19(12-15-6-4-10-21-15)13-17-9-5-11-22-17/h1-11H,12-14H2. The zero-order valence-electron chi connectivity index (χ0n) is 12.6. The Balaban J connectivity index is 1.65. The summed E-state index contributed by atoms with van der Waals surface area (Å²) in [6, 6.07) is 17.8. The normalized spacial score (nSPS) is 10.6. The largest absolute Gasteiger partial charge is 0.467 e. The van der Waals surface area contributed by atoms with Gasteiger partial charge in [0.1, 0.15) is 5.76 Å². The molecule has 0 aliphatic rings. The first kappa shape index (κ1) is 15.9. The predicted molar refractivity (Wildman–Crippen MR) is 94.4 cm³/mol. The molecule has 1 aromatic carbocycles. The summed E-state index contributed by atoms with van der Waals surface area (Å²) in [4.78, 5) is 16.8. The lowest BCUT2D eigenvalue weighted by Gasteiger charge is -2.21. The summed E-state index contributed by atoms with van der Waals surface area (Å²) in [7, 11) is 0. The van der Waals surface area contributed by atoms with Crippen molar-refractivity contribution in [1.82, 2.24) is 4.90 Å². The number of nitrogens with zero attached hydrogens (tertiary/aromatic N) is 1. The van der Waals surface area contributed by atoms with Crippen LogP contribution >= 0.6 is 23.1 Å². The minimum atomic E-state index is 0.114. The van der Waals surface area contributed by atoms with Crippen LogP contribution in [0.5, 0.6) is 0 Å². The van der Waals surface area contributed by atoms with Crippen LogP contribution < -0.4 is 0 Å². The van der Waals surface area contributed by atoms with Crippen molar-refractivity contribution in [2.24, 2.45) is 0 Å². The smallest absolute Gasteiger partial charge is 0.233 e. The van der Waals surface area contributed by atoms with Gasteiger partial charge in [0.25, 0.3) is 0 Å². The zero-order valence-corrected chi connectivity index (χ0v) is 14.2. The molecular formula is C18H17NO2S2. The number of thiophene rings is 1. The number of rotatable bonds is 7. The number of hydrogen-bond donors (Lipinski definition) is 0. The fourth-order valence-corrected chi connectivity index (χ4v) is 3.71. The topological polar surface area (TPSA) is 33.5 Å². The summed E-state index contributed by atoms with van der Waals surface area (Å²) in [5.41, 5.74) is 0. The number of amides is 1. The van der Waals surface area contributed by atoms with Crippen molar-refractivity contribution in [1.29, 1.82) is 0 Å². The second-order valence-corrected chi connectivity index (χ2v) is 7.09. The molecule has 0 aliphatic carbocycles. The van der Waals surface area contributed by atoms with Gasteiger partial charge >= 0.3 is 0 Å². The van der Waals surface area contributed by atoms with Gasteiger partial charge in [-0.25, -0.2) is 0 Å². The van der Waals surface area contributed by atoms with Crippen LogP contribution in [0.2, 0.25) is 0 Å². The number of hydrogen-bond acceptors (Lipinski definition) is 4. The van der Waals surface area contributed by atoms with Gasteiger partial charge in [0.15, 0.2) is 0 Å². The first-order valence-corrected chi connectivity index (χ1v) is 9.18. The highest BCUT2D eigenvalue weighted by molar-refractivity contribution is 8.00. The van der Waals surface area contributed by atoms with Gasteiger partial charge < -0.3 is 9.32 Å². The van der Waals surface area contributed by atoms with Crippen LogP contribution in [0, 0.1) is 0 Å². The Kier molecular flexibility index (Phi) is 5.56. The van der Waals surface area contributed by atoms with Gasteiger partial charge in [-0.15, -0.1) is 23.1 Å². The minimum Gasteiger partial charge on any atom is -0.467 e. The van der Waals surface area contributed by atoms with E-state index in [0.29, 0.717) is 18.8 Å². The molecular weight excluding hydrogens is 326 g/mol. The molecule has 0 saturated carbocycles. The van der Waals surface area contributed by atoms with E-state index in [2.05, 4.69) is 6.07 Å². The monoisotopic (exact) mass is 343 g/mol. The van der Waals surface area contributed by atoms with Crippen molar-refractivity contribution in [3.63, 3.8) is 0 Å². The van der Waals surface area contributed by atoms with Crippen LogP contribution in [0.15, 0.2) is 75.6 Å². The van der Waals surface area contributed by atoms with E-state index in [4.69, 9.17) is 4.42 Å². The summed E-state index contributed by atoms with van der Waals surface area (Å²) in [6.07, 6.45) is 1.64. The highest BCUT2D eigenvalue weighted by Gasteiger charge is 2.16. The molecule has 5 heteroatoms. The van der Waals surface area contributed by atoms with Crippen molar-refractivity contribution >= 4 is 29.0 Å². The van der Waals surface area contributed by atoms with E-state index >= 15 is 0 Å². The summed E-state index contributed by atoms with van der Waals surface area (Å²) in [5, 5.41) is 2.03. The van der Waals surface area contributed by atoms with Crippen LogP contribution in [-0.2, 0) is 17.9 Å². The van der Waals surface area contributed by atoms with Gasteiger partial charge in [-0.2, -0.15) is 0 Å². The Hall–Kier alpha value is -1.98. The summed E-state index contributed by atoms with van der Waals surface area (Å²) in [6.45, 7) is 1.12. The van der Waals surface area contributed by atoms with Gasteiger partial charge in [0.05, 0.1) is 25.1 Å². The molecule has 3 nitrogen and oxygen atoms in total. The summed E-state index contributed by atoms with van der Waals surface area (Å²) >= 11 is 3.23. The second-order valence-electron chi connectivity index (χ2n) is 5.01. The number of thioether (sulfide) groups is 1. The lowest BCUT2D eigenvalue weighted by atomic mass is 10.3. The maximum Gasteiger partial charge on any atom is 0.233 e. The number of benzene rings is 1. The maximum absolute atomic E-state index is 12.6. The van der Waals surface area contributed by atoms with Gasteiger partial charge in [-0.1, -0.05) is 24.3 Å². The minimum absolute atomic E-state index is 0.114. The van der Waals surface area contributed by atoms with Crippen LogP contribution in [0.25, 0.3) is 0 Å². The molecule has 0 unspecified atom stereocenters. The van der Waals surface area contributed by atoms with Crippen LogP contribution in [0.1, 0.15) is 10.6 Å². The first-order chi connectivity index (χ1) is 11.3. The van der Waals surface area contributed by atoms with E-state index in [-0.39, 0.29) is 5.91 Å². The third kappa shape index (κ3) is 4.74. The van der Waals surface area contributed by atoms with Gasteiger partial charge in [0, 0.05) is 9.77 Å². The van der Waals surface area contributed by atoms with E-state index < -0.39 is 0 Å². The highest BCUT2D eigenvalue weighted by atomic mass is 32.2. The molecule has 0 spiro atoms. The molecule has 0 bridgehead atoms. The lowest BCUT2D eigenvalue weighted by Crippen LogP contribution is -2.31. The van der Waals surface area contributed by atoms with E-state index in [1.165, 1.54) is 4.88 Å². The van der Waals surface area contributed by atoms with Crippen molar-refractivity contribution < 1.29 is 9.21 Å². The number of carbonyl (C=O) groups is 1. The molecule has 2 heterocycles. The van der Waals surface area contributed by atoms with Crippen LogP contribution in [0.3, 0.4) is 0 Å². The second kappa shape index (κ2) is 8.04. The van der Waals surface area contributed by atoms with E-state index in [1.807, 2.05) is 58.8 Å². The van der Waals surface area contributed by atoms with E-state index in [0.717, 1.165) is 10.7 Å². The molecule has 0 atom stereocenters. The highest BCUT2D eigenvalue weighted by Crippen LogP contribution is 2.20. The van der Waals surface area contributed by atoms with Crippen LogP contribution in [-0.4, -0.2) is 16.6 Å². The number of furan rings is 1. The SMILES string of the molecule is O=C(CSc1ccccc1)N(Cc1ccco1)Cc1cccs1. The summed E-state index contributed by atoms with van der Waals surface area (Å²) < 4.78 is 5.40. The summed E-state index contributed by atoms with van der Waals surface area (Å²) in [5.74, 6) is 1.35. The average Bonchev–Trinajstić information content (AvgIpc) is 3.27. The Morgan fingerprint density at radius 3 is 2.61 bits per heavy atom. The fourth-order valence-electron chi connectivity index (χ4n) is 2.17.